The second kappa shape index (κ2) is 8.98. The topological polar surface area (TPSA) is 121 Å². The number of fused-ring (bicyclic) bond motifs is 1. The van der Waals surface area contributed by atoms with Crippen molar-refractivity contribution in [1.29, 1.82) is 0 Å². The van der Waals surface area contributed by atoms with E-state index < -0.39 is 6.03 Å². The number of hydrogen-bond acceptors (Lipinski definition) is 8. The minimum Gasteiger partial charge on any atom is -0.493 e. The lowest BCUT2D eigenvalue weighted by Crippen LogP contribution is -2.19. The van der Waals surface area contributed by atoms with Crippen LogP contribution in [-0.2, 0) is 0 Å². The van der Waals surface area contributed by atoms with Gasteiger partial charge >= 0.3 is 6.03 Å². The first-order valence-corrected chi connectivity index (χ1v) is 9.70. The summed E-state index contributed by atoms with van der Waals surface area (Å²) >= 11 is 6.33. The van der Waals surface area contributed by atoms with Crippen LogP contribution in [0.15, 0.2) is 47.2 Å². The highest BCUT2D eigenvalue weighted by Gasteiger charge is 2.14. The number of nitrogens with one attached hydrogen (secondary N) is 2. The Morgan fingerprint density at radius 3 is 2.50 bits per heavy atom. The number of benzene rings is 2. The monoisotopic (exact) mass is 455 g/mol. The van der Waals surface area contributed by atoms with Crippen LogP contribution in [0.3, 0.4) is 0 Å². The van der Waals surface area contributed by atoms with Crippen LogP contribution < -0.4 is 24.8 Å². The van der Waals surface area contributed by atoms with Gasteiger partial charge in [0.2, 0.25) is 5.88 Å². The van der Waals surface area contributed by atoms with E-state index >= 15 is 0 Å². The van der Waals surface area contributed by atoms with Crippen molar-refractivity contribution in [2.24, 2.45) is 0 Å². The van der Waals surface area contributed by atoms with E-state index in [2.05, 4.69) is 25.8 Å². The maximum Gasteiger partial charge on any atom is 0.324 e. The molecule has 0 saturated carbocycles. The molecule has 0 aliphatic carbocycles. The number of urea groups is 1. The van der Waals surface area contributed by atoms with Gasteiger partial charge in [-0.15, -0.1) is 0 Å². The summed E-state index contributed by atoms with van der Waals surface area (Å²) < 4.78 is 21.5. The number of carbonyl (C=O) groups is 1. The largest absolute Gasteiger partial charge is 0.493 e. The van der Waals surface area contributed by atoms with Crippen molar-refractivity contribution in [3.8, 4) is 23.1 Å². The molecule has 4 rings (SSSR count). The van der Waals surface area contributed by atoms with Gasteiger partial charge in [-0.1, -0.05) is 16.8 Å². The van der Waals surface area contributed by atoms with Crippen LogP contribution in [0.1, 0.15) is 5.76 Å². The Labute approximate surface area is 187 Å². The lowest BCUT2D eigenvalue weighted by atomic mass is 10.2. The normalized spacial score (nSPS) is 10.6. The zero-order valence-electron chi connectivity index (χ0n) is 17.3. The summed E-state index contributed by atoms with van der Waals surface area (Å²) in [6, 6.07) is 9.36. The van der Waals surface area contributed by atoms with Crippen LogP contribution >= 0.6 is 11.6 Å². The highest BCUT2D eigenvalue weighted by Crippen LogP contribution is 2.36. The number of ether oxygens (including phenoxy) is 3. The standard InChI is InChI=1S/C21H18ClN5O5/c1-11-6-19(27-32-11)26-21(28)25-15-5-4-12(7-14(15)22)31-20-13-8-17(29-2)18(30-3)9-16(13)23-10-24-20/h4-10H,1-3H3,(H2,25,26,27,28). The third-order valence-corrected chi connectivity index (χ3v) is 4.69. The number of methoxy groups -OCH3 is 2. The van der Waals surface area contributed by atoms with Crippen molar-refractivity contribution in [1.82, 2.24) is 15.1 Å². The molecule has 0 aliphatic rings. The molecule has 0 radical (unpaired) electrons. The third kappa shape index (κ3) is 4.49. The number of aryl methyl sites for hydroxylation is 1. The molecule has 2 amide bonds. The molecule has 2 N–H and O–H groups in total. The molecule has 2 aromatic heterocycles. The number of anilines is 2. The number of hydrogen-bond donors (Lipinski definition) is 2. The van der Waals surface area contributed by atoms with Gasteiger partial charge in [-0.05, 0) is 25.1 Å². The van der Waals surface area contributed by atoms with Crippen LogP contribution in [0.25, 0.3) is 10.9 Å². The summed E-state index contributed by atoms with van der Waals surface area (Å²) in [5.74, 6) is 2.66. The van der Waals surface area contributed by atoms with Gasteiger partial charge in [-0.2, -0.15) is 0 Å². The van der Waals surface area contributed by atoms with E-state index in [1.54, 1.807) is 57.5 Å². The number of nitrogens with zero attached hydrogens (tertiary/aromatic N) is 3. The van der Waals surface area contributed by atoms with Crippen LogP contribution in [0.2, 0.25) is 5.02 Å². The lowest BCUT2D eigenvalue weighted by Gasteiger charge is -2.12. The Morgan fingerprint density at radius 2 is 1.81 bits per heavy atom. The van der Waals surface area contributed by atoms with Crippen molar-refractivity contribution in [3.63, 3.8) is 0 Å². The Bertz CT molecular complexity index is 1290. The smallest absolute Gasteiger partial charge is 0.324 e. The fourth-order valence-corrected chi connectivity index (χ4v) is 3.13. The minimum atomic E-state index is -0.517. The quantitative estimate of drug-likeness (QED) is 0.415. The van der Waals surface area contributed by atoms with Gasteiger partial charge in [0.25, 0.3) is 0 Å². The molecule has 0 bridgehead atoms. The summed E-state index contributed by atoms with van der Waals surface area (Å²) in [6.07, 6.45) is 1.39. The van der Waals surface area contributed by atoms with Crippen molar-refractivity contribution in [3.05, 3.63) is 53.5 Å². The number of amides is 2. The van der Waals surface area contributed by atoms with Crippen molar-refractivity contribution in [2.75, 3.05) is 24.9 Å². The molecule has 32 heavy (non-hydrogen) atoms. The number of halogens is 1. The van der Waals surface area contributed by atoms with Gasteiger partial charge in [-0.3, -0.25) is 5.32 Å². The molecule has 2 heterocycles. The molecule has 164 valence electrons. The van der Waals surface area contributed by atoms with Gasteiger partial charge in [0, 0.05) is 18.2 Å². The molecule has 10 nitrogen and oxygen atoms in total. The molecule has 0 unspecified atom stereocenters. The van der Waals surface area contributed by atoms with Crippen LogP contribution in [0.5, 0.6) is 23.1 Å². The number of aromatic nitrogens is 3. The zero-order valence-corrected chi connectivity index (χ0v) is 18.1. The van der Waals surface area contributed by atoms with E-state index in [0.717, 1.165) is 0 Å². The molecule has 0 atom stereocenters. The average molecular weight is 456 g/mol. The summed E-state index contributed by atoms with van der Waals surface area (Å²) in [7, 11) is 3.09. The molecule has 2 aromatic carbocycles. The Morgan fingerprint density at radius 1 is 1.03 bits per heavy atom. The molecular formula is C21H18ClN5O5. The van der Waals surface area contributed by atoms with E-state index in [0.29, 0.717) is 51.3 Å². The van der Waals surface area contributed by atoms with E-state index in [1.807, 2.05) is 0 Å². The maximum absolute atomic E-state index is 12.1. The molecule has 0 fully saturated rings. The highest BCUT2D eigenvalue weighted by atomic mass is 35.5. The average Bonchev–Trinajstić information content (AvgIpc) is 3.19. The van der Waals surface area contributed by atoms with E-state index in [9.17, 15) is 4.79 Å². The SMILES string of the molecule is COc1cc2ncnc(Oc3ccc(NC(=O)Nc4cc(C)on4)c(Cl)c3)c2cc1OC. The molecule has 11 heteroatoms. The van der Waals surface area contributed by atoms with Gasteiger partial charge in [0.15, 0.2) is 17.3 Å². The van der Waals surface area contributed by atoms with E-state index in [4.69, 9.17) is 30.3 Å². The van der Waals surface area contributed by atoms with Crippen molar-refractivity contribution < 1.29 is 23.5 Å². The lowest BCUT2D eigenvalue weighted by molar-refractivity contribution is 0.262. The number of rotatable bonds is 6. The molecule has 0 saturated heterocycles. The Hall–Kier alpha value is -4.05. The fraction of sp³-hybridized carbons (Fsp3) is 0.143. The van der Waals surface area contributed by atoms with Gasteiger partial charge in [0.1, 0.15) is 17.8 Å². The van der Waals surface area contributed by atoms with Crippen LogP contribution in [0.4, 0.5) is 16.3 Å². The summed E-state index contributed by atoms with van der Waals surface area (Å²) in [4.78, 5) is 20.6. The number of carbonyl (C=O) groups excluding carboxylic acids is 1. The summed E-state index contributed by atoms with van der Waals surface area (Å²) in [5, 5.41) is 9.79. The Balaban J connectivity index is 1.53. The molecule has 0 aliphatic heterocycles. The predicted molar refractivity (Wildman–Crippen MR) is 118 cm³/mol. The first kappa shape index (κ1) is 21.2. The first-order valence-electron chi connectivity index (χ1n) is 9.32. The molecule has 4 aromatic rings. The van der Waals surface area contributed by atoms with E-state index in [-0.39, 0.29) is 5.02 Å². The third-order valence-electron chi connectivity index (χ3n) is 4.38. The molecule has 0 spiro atoms. The Kier molecular flexibility index (Phi) is 5.95. The second-order valence-corrected chi connectivity index (χ2v) is 6.96. The maximum atomic E-state index is 12.1. The van der Waals surface area contributed by atoms with Gasteiger partial charge in [0.05, 0.1) is 35.8 Å². The summed E-state index contributed by atoms with van der Waals surface area (Å²) in [6.45, 7) is 1.72. The first-order chi connectivity index (χ1) is 15.5. The predicted octanol–water partition coefficient (Wildman–Crippen LogP) is 5.03. The van der Waals surface area contributed by atoms with Crippen molar-refractivity contribution >= 4 is 40.0 Å². The zero-order chi connectivity index (χ0) is 22.7. The second-order valence-electron chi connectivity index (χ2n) is 6.55. The van der Waals surface area contributed by atoms with Gasteiger partial charge < -0.3 is 24.1 Å². The highest BCUT2D eigenvalue weighted by molar-refractivity contribution is 6.34. The minimum absolute atomic E-state index is 0.270. The summed E-state index contributed by atoms with van der Waals surface area (Å²) in [5.41, 5.74) is 1.01. The van der Waals surface area contributed by atoms with Gasteiger partial charge in [-0.25, -0.2) is 14.8 Å². The van der Waals surface area contributed by atoms with E-state index in [1.165, 1.54) is 6.33 Å². The van der Waals surface area contributed by atoms with Crippen LogP contribution in [0, 0.1) is 6.92 Å². The molecular weight excluding hydrogens is 438 g/mol. The fourth-order valence-electron chi connectivity index (χ4n) is 2.91. The van der Waals surface area contributed by atoms with Crippen molar-refractivity contribution in [2.45, 2.75) is 6.92 Å². The van der Waals surface area contributed by atoms with Crippen LogP contribution in [-0.4, -0.2) is 35.4 Å².